The fraction of sp³-hybridized carbons (Fsp3) is 0.227. The van der Waals surface area contributed by atoms with Crippen LogP contribution in [0.3, 0.4) is 0 Å². The van der Waals surface area contributed by atoms with Gasteiger partial charge in [-0.05, 0) is 55.5 Å². The molecule has 2 fully saturated rings. The van der Waals surface area contributed by atoms with Crippen molar-refractivity contribution in [2.45, 2.75) is 12.8 Å². The van der Waals surface area contributed by atoms with E-state index in [-0.39, 0.29) is 34.7 Å². The van der Waals surface area contributed by atoms with Crippen LogP contribution in [0.4, 0.5) is 15.8 Å². The van der Waals surface area contributed by atoms with Crippen molar-refractivity contribution >= 4 is 40.7 Å². The van der Waals surface area contributed by atoms with Gasteiger partial charge in [0.15, 0.2) is 5.78 Å². The van der Waals surface area contributed by atoms with Gasteiger partial charge in [-0.15, -0.1) is 11.8 Å². The number of thioether (sulfide) groups is 1. The molecule has 32 heavy (non-hydrogen) atoms. The second-order valence-corrected chi connectivity index (χ2v) is 8.08. The molecule has 162 valence electrons. The molecule has 0 bridgehead atoms. The molecule has 4 rings (SSSR count). The van der Waals surface area contributed by atoms with Gasteiger partial charge < -0.3 is 5.32 Å². The number of nitrogens with one attached hydrogen (secondary N) is 1. The lowest BCUT2D eigenvalue weighted by Crippen LogP contribution is -2.58. The number of halogens is 1. The zero-order chi connectivity index (χ0) is 22.8. The number of hydrogen-bond donors (Lipinski definition) is 1. The Balaban J connectivity index is 1.72. The number of amides is 2. The maximum Gasteiger partial charge on any atom is 0.286 e. The van der Waals surface area contributed by atoms with E-state index < -0.39 is 17.5 Å². The molecule has 10 heteroatoms. The van der Waals surface area contributed by atoms with E-state index >= 15 is 0 Å². The molecule has 1 aromatic heterocycles. The topological polar surface area (TPSA) is 106 Å². The molecule has 0 atom stereocenters. The summed E-state index contributed by atoms with van der Waals surface area (Å²) in [5, 5.41) is 14.5. The molecule has 8 nitrogen and oxygen atoms in total. The number of Topliss-reactive ketones (excluding diaryl/α,β-unsaturated/α-hetero) is 1. The predicted molar refractivity (Wildman–Crippen MR) is 116 cm³/mol. The van der Waals surface area contributed by atoms with Gasteiger partial charge in [0.25, 0.3) is 11.8 Å². The van der Waals surface area contributed by atoms with E-state index in [1.807, 2.05) is 6.07 Å². The van der Waals surface area contributed by atoms with Crippen LogP contribution in [-0.2, 0) is 14.4 Å². The highest BCUT2D eigenvalue weighted by Gasteiger charge is 2.46. The average molecular weight is 451 g/mol. The highest BCUT2D eigenvalue weighted by Crippen LogP contribution is 2.35. The number of rotatable bonds is 5. The number of carbonyl (C=O) groups excluding carboxylic acids is 3. The Hall–Kier alpha value is -3.71. The Morgan fingerprint density at radius 2 is 1.94 bits per heavy atom. The zero-order valence-electron chi connectivity index (χ0n) is 17.0. The average Bonchev–Trinajstić information content (AvgIpc) is 3.64. The largest absolute Gasteiger partial charge is 0.349 e. The lowest BCUT2D eigenvalue weighted by molar-refractivity contribution is -0.146. The first-order valence-electron chi connectivity index (χ1n) is 9.79. The summed E-state index contributed by atoms with van der Waals surface area (Å²) in [6, 6.07) is 10.4. The van der Waals surface area contributed by atoms with E-state index in [0.717, 1.165) is 16.8 Å². The van der Waals surface area contributed by atoms with Crippen LogP contribution in [0.2, 0.25) is 0 Å². The van der Waals surface area contributed by atoms with Gasteiger partial charge in [0.2, 0.25) is 0 Å². The maximum atomic E-state index is 13.5. The third kappa shape index (κ3) is 4.20. The number of nitriles is 1. The molecule has 1 aliphatic carbocycles. The van der Waals surface area contributed by atoms with Crippen LogP contribution in [0.1, 0.15) is 18.5 Å². The summed E-state index contributed by atoms with van der Waals surface area (Å²) >= 11 is 1.15. The second-order valence-electron chi connectivity index (χ2n) is 7.26. The highest BCUT2D eigenvalue weighted by atomic mass is 32.2. The molecular weight excluding hydrogens is 433 g/mol. The third-order valence-electron chi connectivity index (χ3n) is 5.05. The Labute approximate surface area is 187 Å². The molecule has 0 unspecified atom stereocenters. The molecule has 1 aromatic carbocycles. The Morgan fingerprint density at radius 1 is 1.22 bits per heavy atom. The molecule has 1 aliphatic heterocycles. The zero-order valence-corrected chi connectivity index (χ0v) is 17.9. The number of ketones is 1. The van der Waals surface area contributed by atoms with Crippen LogP contribution in [0.25, 0.3) is 0 Å². The molecule has 0 spiro atoms. The van der Waals surface area contributed by atoms with Gasteiger partial charge in [-0.2, -0.15) is 10.3 Å². The summed E-state index contributed by atoms with van der Waals surface area (Å²) in [6.07, 6.45) is 4.41. The summed E-state index contributed by atoms with van der Waals surface area (Å²) in [5.74, 6) is -2.28. The van der Waals surface area contributed by atoms with E-state index in [1.165, 1.54) is 41.5 Å². The number of pyridine rings is 1. The first-order chi connectivity index (χ1) is 15.4. The number of nitrogens with zero attached hydrogens (tertiary/aromatic N) is 4. The maximum absolute atomic E-state index is 13.5. The molecule has 2 aliphatic rings. The molecule has 2 amide bonds. The summed E-state index contributed by atoms with van der Waals surface area (Å²) in [7, 11) is 0. The van der Waals surface area contributed by atoms with Crippen molar-refractivity contribution in [2.75, 3.05) is 23.1 Å². The van der Waals surface area contributed by atoms with Crippen molar-refractivity contribution in [1.82, 2.24) is 9.99 Å². The van der Waals surface area contributed by atoms with Gasteiger partial charge in [-0.25, -0.2) is 9.37 Å². The fourth-order valence-electron chi connectivity index (χ4n) is 3.26. The first-order valence-corrected chi connectivity index (χ1v) is 11.0. The lowest BCUT2D eigenvalue weighted by atomic mass is 10.1. The van der Waals surface area contributed by atoms with Crippen molar-refractivity contribution < 1.29 is 18.8 Å². The quantitative estimate of drug-likeness (QED) is 0.420. The lowest BCUT2D eigenvalue weighted by Gasteiger charge is -2.38. The van der Waals surface area contributed by atoms with Crippen LogP contribution in [0, 0.1) is 23.1 Å². The van der Waals surface area contributed by atoms with Crippen molar-refractivity contribution in [3.8, 4) is 6.07 Å². The molecular formula is C22H18FN5O3S. The number of imide groups is 1. The summed E-state index contributed by atoms with van der Waals surface area (Å²) < 4.78 is 13.2. The summed E-state index contributed by atoms with van der Waals surface area (Å²) in [6.45, 7) is -0.248. The van der Waals surface area contributed by atoms with Crippen LogP contribution >= 0.6 is 11.8 Å². The van der Waals surface area contributed by atoms with Gasteiger partial charge in [-0.1, -0.05) is 0 Å². The fourth-order valence-corrected chi connectivity index (χ4v) is 3.88. The molecule has 1 saturated heterocycles. The normalized spacial score (nSPS) is 17.8. The van der Waals surface area contributed by atoms with Crippen molar-refractivity contribution in [1.29, 1.82) is 5.26 Å². The minimum absolute atomic E-state index is 0.131. The number of benzene rings is 1. The van der Waals surface area contributed by atoms with Crippen molar-refractivity contribution in [3.63, 3.8) is 0 Å². The number of aromatic nitrogens is 1. The van der Waals surface area contributed by atoms with Gasteiger partial charge in [0, 0.05) is 11.6 Å². The molecule has 2 heterocycles. The highest BCUT2D eigenvalue weighted by molar-refractivity contribution is 8.02. The molecule has 2 aromatic rings. The standard InChI is InChI=1S/C22H18FN5O3S/c1-32-20(26-15-6-4-14(23)5-7-15)19-18(29)12-27(17-9-8-16(10-24)25-11-17)28(22(19)31)21(30)13-2-3-13/h4-9,11,13,26H,2-3,12H2,1H3. The van der Waals surface area contributed by atoms with E-state index in [9.17, 15) is 18.8 Å². The monoisotopic (exact) mass is 451 g/mol. The number of anilines is 2. The van der Waals surface area contributed by atoms with E-state index in [2.05, 4.69) is 10.3 Å². The van der Waals surface area contributed by atoms with Crippen LogP contribution < -0.4 is 10.3 Å². The summed E-state index contributed by atoms with van der Waals surface area (Å²) in [5.41, 5.74) is 0.907. The minimum Gasteiger partial charge on any atom is -0.349 e. The molecule has 1 N–H and O–H groups in total. The Bertz CT molecular complexity index is 1150. The minimum atomic E-state index is -0.735. The molecule has 1 saturated carbocycles. The van der Waals surface area contributed by atoms with Gasteiger partial charge in [-0.3, -0.25) is 19.4 Å². The van der Waals surface area contributed by atoms with E-state index in [0.29, 0.717) is 24.2 Å². The number of carbonyl (C=O) groups is 3. The van der Waals surface area contributed by atoms with Gasteiger partial charge >= 0.3 is 0 Å². The second kappa shape index (κ2) is 8.80. The van der Waals surface area contributed by atoms with E-state index in [1.54, 1.807) is 12.3 Å². The van der Waals surface area contributed by atoms with Crippen LogP contribution in [0.5, 0.6) is 0 Å². The smallest absolute Gasteiger partial charge is 0.286 e. The predicted octanol–water partition coefficient (Wildman–Crippen LogP) is 2.85. The van der Waals surface area contributed by atoms with E-state index in [4.69, 9.17) is 5.26 Å². The van der Waals surface area contributed by atoms with Gasteiger partial charge in [0.1, 0.15) is 29.7 Å². The van der Waals surface area contributed by atoms with Crippen LogP contribution in [0.15, 0.2) is 53.2 Å². The Kier molecular flexibility index (Phi) is 5.92. The third-order valence-corrected chi connectivity index (χ3v) is 5.76. The van der Waals surface area contributed by atoms with Crippen molar-refractivity contribution in [2.24, 2.45) is 5.92 Å². The van der Waals surface area contributed by atoms with Gasteiger partial charge in [0.05, 0.1) is 16.9 Å². The number of hydrogen-bond acceptors (Lipinski definition) is 8. The number of hydrazine groups is 1. The first kappa shape index (κ1) is 21.5. The summed E-state index contributed by atoms with van der Waals surface area (Å²) in [4.78, 5) is 43.5. The Morgan fingerprint density at radius 3 is 2.50 bits per heavy atom. The SMILES string of the molecule is CSC(Nc1ccc(F)cc1)=C1C(=O)CN(c2ccc(C#N)nc2)N(C(=O)C2CC2)C1=O. The van der Waals surface area contributed by atoms with Crippen LogP contribution in [-0.4, -0.2) is 40.4 Å². The van der Waals surface area contributed by atoms with Crippen molar-refractivity contribution in [3.05, 3.63) is 64.7 Å². The molecule has 0 radical (unpaired) electrons.